The third-order valence-corrected chi connectivity index (χ3v) is 2.34. The standard InChI is InChI=1S/C10H14N2O2/c1-2-10(13)11-6-8-5-9(14-12-8)7-3-4-7/h5,7H,2-4,6H2,1H3,(H,11,13). The largest absolute Gasteiger partial charge is 0.361 e. The maximum Gasteiger partial charge on any atom is 0.220 e. The number of amides is 1. The smallest absolute Gasteiger partial charge is 0.220 e. The molecule has 1 heterocycles. The summed E-state index contributed by atoms with van der Waals surface area (Å²) in [5, 5.41) is 6.65. The summed E-state index contributed by atoms with van der Waals surface area (Å²) in [6.07, 6.45) is 2.92. The van der Waals surface area contributed by atoms with Crippen molar-refractivity contribution in [1.29, 1.82) is 0 Å². The Bertz CT molecular complexity index is 329. The zero-order valence-electron chi connectivity index (χ0n) is 8.25. The van der Waals surface area contributed by atoms with Crippen LogP contribution in [0.2, 0.25) is 0 Å². The molecule has 1 aliphatic carbocycles. The zero-order valence-corrected chi connectivity index (χ0v) is 8.25. The SMILES string of the molecule is CCC(=O)NCc1cc(C2CC2)on1. The Morgan fingerprint density at radius 1 is 1.71 bits per heavy atom. The minimum atomic E-state index is 0.0426. The molecule has 1 aromatic rings. The molecule has 0 spiro atoms. The molecule has 0 aromatic carbocycles. The molecule has 0 aliphatic heterocycles. The highest BCUT2D eigenvalue weighted by molar-refractivity contribution is 5.75. The molecule has 0 atom stereocenters. The van der Waals surface area contributed by atoms with Gasteiger partial charge in [-0.3, -0.25) is 4.79 Å². The van der Waals surface area contributed by atoms with Crippen molar-refractivity contribution < 1.29 is 9.32 Å². The first-order chi connectivity index (χ1) is 6.79. The first-order valence-corrected chi connectivity index (χ1v) is 5.01. The van der Waals surface area contributed by atoms with Crippen molar-refractivity contribution in [3.63, 3.8) is 0 Å². The molecule has 2 rings (SSSR count). The maximum absolute atomic E-state index is 11.0. The number of aromatic nitrogens is 1. The number of carbonyl (C=O) groups is 1. The molecule has 76 valence electrons. The van der Waals surface area contributed by atoms with Gasteiger partial charge in [0.2, 0.25) is 5.91 Å². The number of hydrogen-bond acceptors (Lipinski definition) is 3. The summed E-state index contributed by atoms with van der Waals surface area (Å²) < 4.78 is 5.15. The van der Waals surface area contributed by atoms with Gasteiger partial charge in [-0.2, -0.15) is 0 Å². The van der Waals surface area contributed by atoms with Crippen LogP contribution < -0.4 is 5.32 Å². The van der Waals surface area contributed by atoms with E-state index in [1.165, 1.54) is 12.8 Å². The van der Waals surface area contributed by atoms with Crippen molar-refractivity contribution in [2.24, 2.45) is 0 Å². The molecular weight excluding hydrogens is 180 g/mol. The molecule has 0 saturated heterocycles. The number of hydrogen-bond donors (Lipinski definition) is 1. The van der Waals surface area contributed by atoms with Gasteiger partial charge in [0.1, 0.15) is 11.5 Å². The van der Waals surface area contributed by atoms with E-state index < -0.39 is 0 Å². The highest BCUT2D eigenvalue weighted by Crippen LogP contribution is 2.40. The Balaban J connectivity index is 1.86. The molecule has 4 nitrogen and oxygen atoms in total. The monoisotopic (exact) mass is 194 g/mol. The van der Waals surface area contributed by atoms with Crippen LogP contribution >= 0.6 is 0 Å². The van der Waals surface area contributed by atoms with Crippen molar-refractivity contribution in [1.82, 2.24) is 10.5 Å². The van der Waals surface area contributed by atoms with Crippen LogP contribution in [-0.2, 0) is 11.3 Å². The van der Waals surface area contributed by atoms with Gasteiger partial charge in [0.05, 0.1) is 6.54 Å². The highest BCUT2D eigenvalue weighted by atomic mass is 16.5. The Hall–Kier alpha value is -1.32. The topological polar surface area (TPSA) is 55.1 Å². The average molecular weight is 194 g/mol. The predicted octanol–water partition coefficient (Wildman–Crippen LogP) is 1.58. The molecule has 4 heteroatoms. The van der Waals surface area contributed by atoms with Gasteiger partial charge in [-0.25, -0.2) is 0 Å². The van der Waals surface area contributed by atoms with E-state index in [9.17, 15) is 4.79 Å². The quantitative estimate of drug-likeness (QED) is 0.791. The second kappa shape index (κ2) is 3.82. The molecule has 1 aromatic heterocycles. The molecule has 0 radical (unpaired) electrons. The predicted molar refractivity (Wildman–Crippen MR) is 50.6 cm³/mol. The van der Waals surface area contributed by atoms with E-state index in [-0.39, 0.29) is 5.91 Å². The molecule has 1 amide bonds. The van der Waals surface area contributed by atoms with Crippen LogP contribution in [0.3, 0.4) is 0 Å². The minimum Gasteiger partial charge on any atom is -0.361 e. The lowest BCUT2D eigenvalue weighted by molar-refractivity contribution is -0.120. The molecule has 14 heavy (non-hydrogen) atoms. The van der Waals surface area contributed by atoms with Crippen LogP contribution in [0.15, 0.2) is 10.6 Å². The van der Waals surface area contributed by atoms with Crippen LogP contribution in [0.5, 0.6) is 0 Å². The van der Waals surface area contributed by atoms with Crippen LogP contribution in [0.25, 0.3) is 0 Å². The summed E-state index contributed by atoms with van der Waals surface area (Å²) in [4.78, 5) is 11.0. The third-order valence-electron chi connectivity index (χ3n) is 2.34. The normalized spacial score (nSPS) is 15.5. The van der Waals surface area contributed by atoms with E-state index in [0.717, 1.165) is 11.5 Å². The van der Waals surface area contributed by atoms with Gasteiger partial charge >= 0.3 is 0 Å². The first kappa shape index (κ1) is 9.24. The zero-order chi connectivity index (χ0) is 9.97. The Kier molecular flexibility index (Phi) is 2.52. The third kappa shape index (κ3) is 2.13. The van der Waals surface area contributed by atoms with Gasteiger partial charge in [0, 0.05) is 18.4 Å². The van der Waals surface area contributed by atoms with E-state index in [0.29, 0.717) is 18.9 Å². The molecule has 0 unspecified atom stereocenters. The summed E-state index contributed by atoms with van der Waals surface area (Å²) in [6, 6.07) is 1.94. The van der Waals surface area contributed by atoms with E-state index in [1.807, 2.05) is 13.0 Å². The Morgan fingerprint density at radius 3 is 3.14 bits per heavy atom. The number of carbonyl (C=O) groups excluding carboxylic acids is 1. The fourth-order valence-corrected chi connectivity index (χ4v) is 1.29. The van der Waals surface area contributed by atoms with Crippen molar-refractivity contribution in [2.45, 2.75) is 38.6 Å². The van der Waals surface area contributed by atoms with Crippen molar-refractivity contribution in [3.05, 3.63) is 17.5 Å². The van der Waals surface area contributed by atoms with Crippen molar-refractivity contribution >= 4 is 5.91 Å². The van der Waals surface area contributed by atoms with Crippen LogP contribution in [0.1, 0.15) is 43.6 Å². The van der Waals surface area contributed by atoms with Crippen LogP contribution in [-0.4, -0.2) is 11.1 Å². The average Bonchev–Trinajstić information content (AvgIpc) is 2.95. The number of nitrogens with one attached hydrogen (secondary N) is 1. The Labute approximate surface area is 82.7 Å². The molecule has 1 saturated carbocycles. The summed E-state index contributed by atoms with van der Waals surface area (Å²) in [5.41, 5.74) is 0.814. The maximum atomic E-state index is 11.0. The summed E-state index contributed by atoms with van der Waals surface area (Å²) in [5.74, 6) is 1.59. The van der Waals surface area contributed by atoms with E-state index >= 15 is 0 Å². The summed E-state index contributed by atoms with van der Waals surface area (Å²) in [7, 11) is 0. The molecule has 0 bridgehead atoms. The molecule has 1 N–H and O–H groups in total. The fourth-order valence-electron chi connectivity index (χ4n) is 1.29. The summed E-state index contributed by atoms with van der Waals surface area (Å²) >= 11 is 0. The second-order valence-corrected chi connectivity index (χ2v) is 3.63. The molecular formula is C10H14N2O2. The van der Waals surface area contributed by atoms with E-state index in [1.54, 1.807) is 0 Å². The minimum absolute atomic E-state index is 0.0426. The first-order valence-electron chi connectivity index (χ1n) is 5.01. The van der Waals surface area contributed by atoms with Gasteiger partial charge in [0.25, 0.3) is 0 Å². The summed E-state index contributed by atoms with van der Waals surface area (Å²) in [6.45, 7) is 2.30. The highest BCUT2D eigenvalue weighted by Gasteiger charge is 2.27. The lowest BCUT2D eigenvalue weighted by Crippen LogP contribution is -2.21. The van der Waals surface area contributed by atoms with E-state index in [4.69, 9.17) is 4.52 Å². The van der Waals surface area contributed by atoms with Gasteiger partial charge in [-0.15, -0.1) is 0 Å². The van der Waals surface area contributed by atoms with Crippen molar-refractivity contribution in [3.8, 4) is 0 Å². The Morgan fingerprint density at radius 2 is 2.50 bits per heavy atom. The lowest BCUT2D eigenvalue weighted by Gasteiger charge is -1.97. The van der Waals surface area contributed by atoms with Gasteiger partial charge in [0.15, 0.2) is 0 Å². The van der Waals surface area contributed by atoms with Crippen LogP contribution in [0.4, 0.5) is 0 Å². The number of nitrogens with zero attached hydrogens (tertiary/aromatic N) is 1. The molecule has 1 aliphatic rings. The van der Waals surface area contributed by atoms with E-state index in [2.05, 4.69) is 10.5 Å². The van der Waals surface area contributed by atoms with Gasteiger partial charge in [-0.05, 0) is 12.8 Å². The number of rotatable bonds is 4. The lowest BCUT2D eigenvalue weighted by atomic mass is 10.3. The fraction of sp³-hybridized carbons (Fsp3) is 0.600. The van der Waals surface area contributed by atoms with Crippen LogP contribution in [0, 0.1) is 0 Å². The van der Waals surface area contributed by atoms with Gasteiger partial charge in [-0.1, -0.05) is 12.1 Å². The van der Waals surface area contributed by atoms with Gasteiger partial charge < -0.3 is 9.84 Å². The molecule has 1 fully saturated rings. The second-order valence-electron chi connectivity index (χ2n) is 3.63. The van der Waals surface area contributed by atoms with Crippen molar-refractivity contribution in [2.75, 3.05) is 0 Å².